The van der Waals surface area contributed by atoms with Gasteiger partial charge in [0.15, 0.2) is 0 Å². The van der Waals surface area contributed by atoms with Crippen LogP contribution in [-0.4, -0.2) is 48.8 Å². The molecule has 1 saturated heterocycles. The van der Waals surface area contributed by atoms with Crippen LogP contribution in [0.5, 0.6) is 0 Å². The van der Waals surface area contributed by atoms with Crippen LogP contribution in [0.4, 0.5) is 15.8 Å². The Bertz CT molecular complexity index is 1380. The molecule has 220 valence electrons. The molecular formula is C34H39FN4O3. The molecule has 3 aromatic carbocycles. The molecule has 42 heavy (non-hydrogen) atoms. The number of carbonyl (C=O) groups excluding carboxylic acids is 3. The first-order chi connectivity index (χ1) is 20.4. The van der Waals surface area contributed by atoms with E-state index in [-0.39, 0.29) is 41.9 Å². The lowest BCUT2D eigenvalue weighted by Crippen LogP contribution is -2.50. The first-order valence-corrected chi connectivity index (χ1v) is 15.0. The van der Waals surface area contributed by atoms with Crippen LogP contribution in [0, 0.1) is 11.7 Å². The van der Waals surface area contributed by atoms with Gasteiger partial charge in [-0.05, 0) is 60.7 Å². The van der Waals surface area contributed by atoms with Gasteiger partial charge in [0.2, 0.25) is 11.8 Å². The maximum absolute atomic E-state index is 13.5. The smallest absolute Gasteiger partial charge is 0.253 e. The van der Waals surface area contributed by atoms with Gasteiger partial charge in [-0.25, -0.2) is 4.39 Å². The van der Waals surface area contributed by atoms with E-state index in [0.717, 1.165) is 48.9 Å². The summed E-state index contributed by atoms with van der Waals surface area (Å²) in [6.07, 6.45) is 4.64. The summed E-state index contributed by atoms with van der Waals surface area (Å²) in [6, 6.07) is 21.4. The van der Waals surface area contributed by atoms with Crippen molar-refractivity contribution in [1.82, 2.24) is 10.2 Å². The van der Waals surface area contributed by atoms with Crippen molar-refractivity contribution in [2.75, 3.05) is 36.4 Å². The van der Waals surface area contributed by atoms with Crippen LogP contribution >= 0.6 is 0 Å². The molecule has 1 unspecified atom stereocenters. The van der Waals surface area contributed by atoms with Crippen LogP contribution in [0.1, 0.15) is 66.4 Å². The van der Waals surface area contributed by atoms with Crippen molar-refractivity contribution in [3.8, 4) is 0 Å². The molecule has 1 aliphatic heterocycles. The molecule has 1 heterocycles. The van der Waals surface area contributed by atoms with E-state index < -0.39 is 0 Å². The van der Waals surface area contributed by atoms with Crippen LogP contribution in [-0.2, 0) is 16.1 Å². The Kier molecular flexibility index (Phi) is 9.52. The third-order valence-corrected chi connectivity index (χ3v) is 8.44. The molecule has 2 fully saturated rings. The van der Waals surface area contributed by atoms with Crippen molar-refractivity contribution < 1.29 is 18.8 Å². The largest absolute Gasteiger partial charge is 0.367 e. The lowest BCUT2D eigenvalue weighted by Gasteiger charge is -2.38. The van der Waals surface area contributed by atoms with Gasteiger partial charge in [0.05, 0.1) is 11.5 Å². The first-order valence-electron chi connectivity index (χ1n) is 15.0. The number of rotatable bonds is 9. The minimum Gasteiger partial charge on any atom is -0.367 e. The van der Waals surface area contributed by atoms with E-state index >= 15 is 0 Å². The zero-order valence-corrected chi connectivity index (χ0v) is 24.2. The van der Waals surface area contributed by atoms with Crippen molar-refractivity contribution in [3.05, 3.63) is 95.3 Å². The van der Waals surface area contributed by atoms with Crippen LogP contribution in [0.2, 0.25) is 0 Å². The second-order valence-corrected chi connectivity index (χ2v) is 11.2. The molecule has 2 N–H and O–H groups in total. The monoisotopic (exact) mass is 570 g/mol. The Morgan fingerprint density at radius 1 is 0.905 bits per heavy atom. The molecule has 3 aromatic rings. The highest BCUT2D eigenvalue weighted by Gasteiger charge is 2.29. The highest BCUT2D eigenvalue weighted by atomic mass is 19.1. The van der Waals surface area contributed by atoms with Gasteiger partial charge in [0, 0.05) is 50.0 Å². The number of halogens is 1. The van der Waals surface area contributed by atoms with Gasteiger partial charge < -0.3 is 20.4 Å². The number of piperazine rings is 1. The summed E-state index contributed by atoms with van der Waals surface area (Å²) >= 11 is 0. The molecule has 0 spiro atoms. The normalized spacial score (nSPS) is 16.2. The van der Waals surface area contributed by atoms with Gasteiger partial charge in [0.25, 0.3) is 5.91 Å². The summed E-state index contributed by atoms with van der Waals surface area (Å²) in [4.78, 5) is 43.8. The van der Waals surface area contributed by atoms with Gasteiger partial charge >= 0.3 is 0 Å². The number of amides is 3. The third kappa shape index (κ3) is 6.98. The predicted molar refractivity (Wildman–Crippen MR) is 163 cm³/mol. The Morgan fingerprint density at radius 2 is 1.60 bits per heavy atom. The number of anilines is 2. The standard InChI is InChI=1S/C34H39FN4O3/c1-2-29(25-8-4-3-5-9-25)34(42)39-20-18-38(19-21-39)31-17-16-28(37-32(40)26-10-6-7-11-26)22-30(31)33(41)36-23-24-12-14-27(35)15-13-24/h3-5,8-9,12-17,22,26,29H,2,6-7,10-11,18-21,23H2,1H3,(H,36,41)(H,37,40). The Labute approximate surface area is 247 Å². The van der Waals surface area contributed by atoms with Crippen LogP contribution in [0.15, 0.2) is 72.8 Å². The number of hydrogen-bond donors (Lipinski definition) is 2. The fraction of sp³-hybridized carbons (Fsp3) is 0.382. The van der Waals surface area contributed by atoms with E-state index in [1.807, 2.05) is 54.3 Å². The van der Waals surface area contributed by atoms with E-state index in [1.54, 1.807) is 18.2 Å². The molecule has 0 aromatic heterocycles. The molecule has 0 bridgehead atoms. The number of nitrogens with one attached hydrogen (secondary N) is 2. The second kappa shape index (κ2) is 13.6. The summed E-state index contributed by atoms with van der Waals surface area (Å²) in [6.45, 7) is 4.57. The van der Waals surface area contributed by atoms with Crippen molar-refractivity contribution in [2.24, 2.45) is 5.92 Å². The Morgan fingerprint density at radius 3 is 2.26 bits per heavy atom. The number of nitrogens with zero attached hydrogens (tertiary/aromatic N) is 2. The Hall–Kier alpha value is -4.20. The summed E-state index contributed by atoms with van der Waals surface area (Å²) < 4.78 is 13.3. The summed E-state index contributed by atoms with van der Waals surface area (Å²) in [5, 5.41) is 5.97. The van der Waals surface area contributed by atoms with Gasteiger partial charge in [-0.1, -0.05) is 62.2 Å². The number of hydrogen-bond acceptors (Lipinski definition) is 4. The van der Waals surface area contributed by atoms with E-state index in [9.17, 15) is 18.8 Å². The van der Waals surface area contributed by atoms with Crippen LogP contribution < -0.4 is 15.5 Å². The first kappa shape index (κ1) is 29.3. The molecule has 8 heteroatoms. The van der Waals surface area contributed by atoms with Crippen molar-refractivity contribution in [2.45, 2.75) is 51.5 Å². The van der Waals surface area contributed by atoms with Gasteiger partial charge in [-0.15, -0.1) is 0 Å². The lowest BCUT2D eigenvalue weighted by atomic mass is 9.94. The average molecular weight is 571 g/mol. The molecule has 0 radical (unpaired) electrons. The fourth-order valence-electron chi connectivity index (χ4n) is 6.01. The zero-order valence-electron chi connectivity index (χ0n) is 24.2. The molecule has 3 amide bonds. The molecule has 1 saturated carbocycles. The van der Waals surface area contributed by atoms with Crippen molar-refractivity contribution in [3.63, 3.8) is 0 Å². The van der Waals surface area contributed by atoms with Gasteiger partial charge in [-0.2, -0.15) is 0 Å². The number of carbonyl (C=O) groups is 3. The number of benzene rings is 3. The highest BCUT2D eigenvalue weighted by Crippen LogP contribution is 2.30. The second-order valence-electron chi connectivity index (χ2n) is 11.2. The molecule has 5 rings (SSSR count). The van der Waals surface area contributed by atoms with Crippen LogP contribution in [0.25, 0.3) is 0 Å². The maximum atomic E-state index is 13.5. The molecule has 7 nitrogen and oxygen atoms in total. The topological polar surface area (TPSA) is 81.8 Å². The van der Waals surface area contributed by atoms with Crippen molar-refractivity contribution in [1.29, 1.82) is 0 Å². The van der Waals surface area contributed by atoms with Gasteiger partial charge in [0.1, 0.15) is 5.82 Å². The van der Waals surface area contributed by atoms with Gasteiger partial charge in [-0.3, -0.25) is 14.4 Å². The maximum Gasteiger partial charge on any atom is 0.253 e. The van der Waals surface area contributed by atoms with E-state index in [0.29, 0.717) is 37.4 Å². The molecule has 2 aliphatic rings. The van der Waals surface area contributed by atoms with Crippen molar-refractivity contribution >= 4 is 29.1 Å². The molecular weight excluding hydrogens is 531 g/mol. The molecule has 1 aliphatic carbocycles. The summed E-state index contributed by atoms with van der Waals surface area (Å²) in [7, 11) is 0. The minimum absolute atomic E-state index is 0.00561. The fourth-order valence-corrected chi connectivity index (χ4v) is 6.01. The lowest BCUT2D eigenvalue weighted by molar-refractivity contribution is -0.133. The quantitative estimate of drug-likeness (QED) is 0.345. The summed E-state index contributed by atoms with van der Waals surface area (Å²) in [5.41, 5.74) is 3.62. The van der Waals surface area contributed by atoms with E-state index in [2.05, 4.69) is 15.5 Å². The minimum atomic E-state index is -0.329. The molecule has 1 atom stereocenters. The zero-order chi connectivity index (χ0) is 29.5. The SMILES string of the molecule is CCC(C(=O)N1CCN(c2ccc(NC(=O)C3CCCC3)cc2C(=O)NCc2ccc(F)cc2)CC1)c1ccccc1. The van der Waals surface area contributed by atoms with Crippen LogP contribution in [0.3, 0.4) is 0 Å². The highest BCUT2D eigenvalue weighted by molar-refractivity contribution is 6.02. The average Bonchev–Trinajstić information content (AvgIpc) is 3.57. The van der Waals surface area contributed by atoms with E-state index in [1.165, 1.54) is 12.1 Å². The predicted octanol–water partition coefficient (Wildman–Crippen LogP) is 5.73. The summed E-state index contributed by atoms with van der Waals surface area (Å²) in [5.74, 6) is -0.647. The third-order valence-electron chi connectivity index (χ3n) is 8.44. The van der Waals surface area contributed by atoms with E-state index in [4.69, 9.17) is 0 Å². The Balaban J connectivity index is 1.31.